The normalized spacial score (nSPS) is 15.7. The maximum absolute atomic E-state index is 12.6. The summed E-state index contributed by atoms with van der Waals surface area (Å²) >= 11 is 1.56. The summed E-state index contributed by atoms with van der Waals surface area (Å²) in [6, 6.07) is 5.22. The van der Waals surface area contributed by atoms with Crippen LogP contribution in [-0.2, 0) is 30.5 Å². The summed E-state index contributed by atoms with van der Waals surface area (Å²) in [7, 11) is 0. The van der Waals surface area contributed by atoms with Crippen molar-refractivity contribution in [1.82, 2.24) is 9.88 Å². The lowest BCUT2D eigenvalue weighted by atomic mass is 9.96. The highest BCUT2D eigenvalue weighted by Crippen LogP contribution is 2.29. The zero-order chi connectivity index (χ0) is 20.9. The van der Waals surface area contributed by atoms with E-state index in [0.29, 0.717) is 11.6 Å². The average Bonchev–Trinajstić information content (AvgIpc) is 3.07. The van der Waals surface area contributed by atoms with Crippen LogP contribution in [0, 0.1) is 0 Å². The zero-order valence-corrected chi connectivity index (χ0v) is 18.5. The highest BCUT2D eigenvalue weighted by Gasteiger charge is 2.29. The first-order chi connectivity index (χ1) is 13.9. The van der Waals surface area contributed by atoms with Crippen molar-refractivity contribution >= 4 is 29.7 Å². The first kappa shape index (κ1) is 24.5. The van der Waals surface area contributed by atoms with Gasteiger partial charge in [0.05, 0.1) is 18.0 Å². The zero-order valence-electron chi connectivity index (χ0n) is 16.9. The van der Waals surface area contributed by atoms with Gasteiger partial charge in [0.25, 0.3) is 0 Å². The molecule has 1 saturated carbocycles. The number of benzene rings is 1. The van der Waals surface area contributed by atoms with Gasteiger partial charge in [-0.25, -0.2) is 0 Å². The number of alkyl halides is 3. The number of thiazole rings is 1. The lowest BCUT2D eigenvalue weighted by molar-refractivity contribution is -0.137. The molecule has 9 heteroatoms. The van der Waals surface area contributed by atoms with Gasteiger partial charge in [0.1, 0.15) is 0 Å². The molecule has 0 unspecified atom stereocenters. The van der Waals surface area contributed by atoms with Gasteiger partial charge in [-0.05, 0) is 37.5 Å². The van der Waals surface area contributed by atoms with E-state index in [0.717, 1.165) is 42.0 Å². The standard InChI is InChI=1S/C21H26F3N3OS.ClH/c1-2-27-18(14-29-20(27)26-17-6-4-3-5-7-17)12-19(28)25-13-15-8-10-16(11-9-15)21(22,23)24;/h8-11,14,17H,2-7,12-13H2,1H3,(H,25,28);1H. The minimum atomic E-state index is -4.35. The Morgan fingerprint density at radius 1 is 1.20 bits per heavy atom. The molecule has 1 fully saturated rings. The molecule has 3 rings (SSSR count). The Hall–Kier alpha value is -1.80. The number of carbonyl (C=O) groups excluding carboxylic acids is 1. The predicted octanol–water partition coefficient (Wildman–Crippen LogP) is 5.10. The monoisotopic (exact) mass is 461 g/mol. The van der Waals surface area contributed by atoms with E-state index < -0.39 is 11.7 Å². The quantitative estimate of drug-likeness (QED) is 0.639. The minimum Gasteiger partial charge on any atom is -0.352 e. The molecule has 1 aromatic heterocycles. The number of nitrogens with zero attached hydrogens (tertiary/aromatic N) is 2. The largest absolute Gasteiger partial charge is 0.416 e. The fourth-order valence-corrected chi connectivity index (χ4v) is 4.59. The van der Waals surface area contributed by atoms with Crippen molar-refractivity contribution in [2.24, 2.45) is 4.99 Å². The van der Waals surface area contributed by atoms with Crippen LogP contribution in [0.3, 0.4) is 0 Å². The van der Waals surface area contributed by atoms with E-state index in [4.69, 9.17) is 4.99 Å². The van der Waals surface area contributed by atoms with Gasteiger partial charge in [0, 0.05) is 24.2 Å². The lowest BCUT2D eigenvalue weighted by Crippen LogP contribution is -2.27. The lowest BCUT2D eigenvalue weighted by Gasteiger charge is -2.17. The van der Waals surface area contributed by atoms with Crippen molar-refractivity contribution < 1.29 is 18.0 Å². The SMILES string of the molecule is CCn1c(CC(=O)NCc2ccc(C(F)(F)F)cc2)csc1=NC1CCCCC1.Cl. The van der Waals surface area contributed by atoms with Gasteiger partial charge in [0.2, 0.25) is 5.91 Å². The Labute approximate surface area is 184 Å². The minimum absolute atomic E-state index is 0. The van der Waals surface area contributed by atoms with Crippen molar-refractivity contribution in [3.8, 4) is 0 Å². The molecule has 1 aliphatic rings. The van der Waals surface area contributed by atoms with Gasteiger partial charge in [-0.15, -0.1) is 23.7 Å². The first-order valence-electron chi connectivity index (χ1n) is 10.0. The first-order valence-corrected chi connectivity index (χ1v) is 10.9. The van der Waals surface area contributed by atoms with E-state index in [1.165, 1.54) is 31.4 Å². The Balaban J connectivity index is 0.00000320. The van der Waals surface area contributed by atoms with Gasteiger partial charge >= 0.3 is 6.18 Å². The number of halogens is 4. The second kappa shape index (κ2) is 11.0. The molecule has 166 valence electrons. The van der Waals surface area contributed by atoms with Crippen LogP contribution in [0.2, 0.25) is 0 Å². The van der Waals surface area contributed by atoms with Crippen LogP contribution in [0.25, 0.3) is 0 Å². The third kappa shape index (κ3) is 6.60. The van der Waals surface area contributed by atoms with Crippen LogP contribution in [0.1, 0.15) is 55.8 Å². The number of amides is 1. The highest BCUT2D eigenvalue weighted by molar-refractivity contribution is 7.07. The summed E-state index contributed by atoms with van der Waals surface area (Å²) in [4.78, 5) is 18.2. The highest BCUT2D eigenvalue weighted by atomic mass is 35.5. The Morgan fingerprint density at radius 2 is 1.87 bits per heavy atom. The van der Waals surface area contributed by atoms with Crippen LogP contribution in [0.5, 0.6) is 0 Å². The number of hydrogen-bond acceptors (Lipinski definition) is 3. The van der Waals surface area contributed by atoms with Gasteiger partial charge < -0.3 is 9.88 Å². The molecule has 1 amide bonds. The van der Waals surface area contributed by atoms with Gasteiger partial charge in [-0.2, -0.15) is 13.2 Å². The molecule has 4 nitrogen and oxygen atoms in total. The second-order valence-corrected chi connectivity index (χ2v) is 8.16. The van der Waals surface area contributed by atoms with Crippen molar-refractivity contribution in [2.45, 2.75) is 70.8 Å². The molecule has 1 aliphatic carbocycles. The molecule has 0 radical (unpaired) electrons. The smallest absolute Gasteiger partial charge is 0.352 e. The van der Waals surface area contributed by atoms with E-state index >= 15 is 0 Å². The molecule has 0 saturated heterocycles. The fraction of sp³-hybridized carbons (Fsp3) is 0.524. The van der Waals surface area contributed by atoms with Crippen LogP contribution in [-0.4, -0.2) is 16.5 Å². The number of rotatable bonds is 6. The Morgan fingerprint density at radius 3 is 2.47 bits per heavy atom. The summed E-state index contributed by atoms with van der Waals surface area (Å²) in [5.41, 5.74) is 0.856. The fourth-order valence-electron chi connectivity index (χ4n) is 3.55. The van der Waals surface area contributed by atoms with E-state index in [2.05, 4.69) is 9.88 Å². The third-order valence-corrected chi connectivity index (χ3v) is 6.10. The van der Waals surface area contributed by atoms with Crippen molar-refractivity contribution in [3.63, 3.8) is 0 Å². The summed E-state index contributed by atoms with van der Waals surface area (Å²) in [5.74, 6) is -0.158. The van der Waals surface area contributed by atoms with Crippen LogP contribution < -0.4 is 10.1 Å². The van der Waals surface area contributed by atoms with Crippen LogP contribution >= 0.6 is 23.7 Å². The van der Waals surface area contributed by atoms with E-state index in [9.17, 15) is 18.0 Å². The molecule has 1 aromatic carbocycles. The summed E-state index contributed by atoms with van der Waals surface area (Å²) in [6.45, 7) is 2.99. The van der Waals surface area contributed by atoms with Gasteiger partial charge in [-0.3, -0.25) is 9.79 Å². The van der Waals surface area contributed by atoms with Gasteiger partial charge in [0.15, 0.2) is 4.80 Å². The van der Waals surface area contributed by atoms with E-state index in [-0.39, 0.29) is 31.3 Å². The number of carbonyl (C=O) groups is 1. The molecule has 0 bridgehead atoms. The molecule has 2 aromatic rings. The molecular weight excluding hydrogens is 435 g/mol. The van der Waals surface area contributed by atoms with E-state index in [1.807, 2.05) is 12.3 Å². The Bertz CT molecular complexity index is 884. The predicted molar refractivity (Wildman–Crippen MR) is 115 cm³/mol. The molecule has 1 N–H and O–H groups in total. The summed E-state index contributed by atoms with van der Waals surface area (Å²) in [5, 5.41) is 4.76. The van der Waals surface area contributed by atoms with Crippen molar-refractivity contribution in [3.05, 3.63) is 51.3 Å². The van der Waals surface area contributed by atoms with E-state index in [1.54, 1.807) is 11.3 Å². The summed E-state index contributed by atoms with van der Waals surface area (Å²) in [6.07, 6.45) is 1.87. The number of hydrogen-bond donors (Lipinski definition) is 1. The molecule has 1 heterocycles. The van der Waals surface area contributed by atoms with Gasteiger partial charge in [-0.1, -0.05) is 31.4 Å². The van der Waals surface area contributed by atoms with Crippen LogP contribution in [0.15, 0.2) is 34.6 Å². The third-order valence-electron chi connectivity index (χ3n) is 5.17. The molecule has 30 heavy (non-hydrogen) atoms. The topological polar surface area (TPSA) is 46.4 Å². The Kier molecular flexibility index (Phi) is 8.97. The number of nitrogens with one attached hydrogen (secondary N) is 1. The molecule has 0 spiro atoms. The summed E-state index contributed by atoms with van der Waals surface area (Å²) < 4.78 is 39.9. The molecule has 0 aliphatic heterocycles. The second-order valence-electron chi connectivity index (χ2n) is 7.32. The number of aromatic nitrogens is 1. The van der Waals surface area contributed by atoms with Crippen molar-refractivity contribution in [2.75, 3.05) is 0 Å². The molecule has 0 atom stereocenters. The molecular formula is C21H27ClF3N3OS. The maximum atomic E-state index is 12.6. The maximum Gasteiger partial charge on any atom is 0.416 e. The van der Waals surface area contributed by atoms with Crippen LogP contribution in [0.4, 0.5) is 13.2 Å². The average molecular weight is 462 g/mol. The van der Waals surface area contributed by atoms with Crippen molar-refractivity contribution in [1.29, 1.82) is 0 Å².